The van der Waals surface area contributed by atoms with Gasteiger partial charge in [-0.3, -0.25) is 0 Å². The highest BCUT2D eigenvalue weighted by Gasteiger charge is 2.13. The van der Waals surface area contributed by atoms with E-state index in [-0.39, 0.29) is 0 Å². The topological polar surface area (TPSA) is 82.6 Å². The summed E-state index contributed by atoms with van der Waals surface area (Å²) in [6.07, 6.45) is 0.840. The number of hydrogen-bond donors (Lipinski definition) is 2. The second kappa shape index (κ2) is 13.2. The molecule has 0 saturated heterocycles. The largest absolute Gasteiger partial charge is 0.493 e. The van der Waals surface area contributed by atoms with Crippen LogP contribution in [0.1, 0.15) is 18.9 Å². The minimum atomic E-state index is 0.430. The lowest BCUT2D eigenvalue weighted by Gasteiger charge is -2.15. The summed E-state index contributed by atoms with van der Waals surface area (Å²) < 4.78 is 27.0. The average Bonchev–Trinajstić information content (AvgIpc) is 2.80. The van der Waals surface area contributed by atoms with Gasteiger partial charge in [0.05, 0.1) is 34.5 Å². The van der Waals surface area contributed by atoms with Crippen molar-refractivity contribution < 1.29 is 23.7 Å². The van der Waals surface area contributed by atoms with E-state index in [9.17, 15) is 0 Å². The van der Waals surface area contributed by atoms with Crippen LogP contribution in [0.5, 0.6) is 23.0 Å². The summed E-state index contributed by atoms with van der Waals surface area (Å²) in [5.41, 5.74) is 1.82. The number of ether oxygens (including phenoxy) is 5. The van der Waals surface area contributed by atoms with Crippen LogP contribution in [0.3, 0.4) is 0 Å². The number of anilines is 1. The Morgan fingerprint density at radius 3 is 2.29 bits per heavy atom. The van der Waals surface area contributed by atoms with E-state index in [2.05, 4.69) is 15.6 Å². The van der Waals surface area contributed by atoms with Crippen molar-refractivity contribution in [2.75, 3.05) is 53.5 Å². The highest BCUT2D eigenvalue weighted by molar-refractivity contribution is 5.93. The molecule has 0 aliphatic rings. The van der Waals surface area contributed by atoms with E-state index >= 15 is 0 Å². The van der Waals surface area contributed by atoms with E-state index in [1.54, 1.807) is 28.4 Å². The van der Waals surface area contributed by atoms with Crippen molar-refractivity contribution in [1.29, 1.82) is 0 Å². The standard InChI is InChI=1S/C23H33N3O5/c1-6-24-23(26-18-9-7-10-19(15-18)31-12-8-11-27-2)25-16-17-13-20(28-3)22(30-5)21(14-17)29-4/h7,9-10,13-15H,6,8,11-12,16H2,1-5H3,(H2,24,25,26). The van der Waals surface area contributed by atoms with Crippen molar-refractivity contribution in [3.05, 3.63) is 42.0 Å². The summed E-state index contributed by atoms with van der Waals surface area (Å²) in [7, 11) is 6.46. The first kappa shape index (κ1) is 24.1. The molecule has 2 aromatic rings. The molecule has 0 amide bonds. The van der Waals surface area contributed by atoms with Crippen molar-refractivity contribution in [2.45, 2.75) is 19.9 Å². The van der Waals surface area contributed by atoms with Gasteiger partial charge in [-0.05, 0) is 36.8 Å². The number of guanidine groups is 1. The number of aliphatic imine (C=N–C) groups is 1. The molecule has 0 radical (unpaired) electrons. The molecule has 0 bridgehead atoms. The zero-order chi connectivity index (χ0) is 22.5. The van der Waals surface area contributed by atoms with E-state index in [1.807, 2.05) is 43.3 Å². The first-order chi connectivity index (χ1) is 15.1. The van der Waals surface area contributed by atoms with E-state index in [0.29, 0.717) is 43.0 Å². The van der Waals surface area contributed by atoms with Crippen molar-refractivity contribution in [3.63, 3.8) is 0 Å². The zero-order valence-corrected chi connectivity index (χ0v) is 19.0. The Morgan fingerprint density at radius 2 is 1.68 bits per heavy atom. The molecule has 0 aliphatic heterocycles. The van der Waals surface area contributed by atoms with Gasteiger partial charge in [0.25, 0.3) is 0 Å². The molecule has 2 aromatic carbocycles. The van der Waals surface area contributed by atoms with Crippen LogP contribution in [0, 0.1) is 0 Å². The zero-order valence-electron chi connectivity index (χ0n) is 19.0. The van der Waals surface area contributed by atoms with Crippen LogP contribution < -0.4 is 29.6 Å². The molecule has 0 unspecified atom stereocenters. The SMILES string of the molecule is CCNC(=NCc1cc(OC)c(OC)c(OC)c1)Nc1cccc(OCCCOC)c1. The molecule has 2 N–H and O–H groups in total. The fraction of sp³-hybridized carbons (Fsp3) is 0.435. The molecular formula is C23H33N3O5. The number of methoxy groups -OCH3 is 4. The van der Waals surface area contributed by atoms with Crippen molar-refractivity contribution in [3.8, 4) is 23.0 Å². The predicted molar refractivity (Wildman–Crippen MR) is 123 cm³/mol. The van der Waals surface area contributed by atoms with Gasteiger partial charge in [-0.1, -0.05) is 6.07 Å². The normalized spacial score (nSPS) is 11.1. The molecule has 8 heteroatoms. The van der Waals surface area contributed by atoms with Crippen LogP contribution in [0.25, 0.3) is 0 Å². The van der Waals surface area contributed by atoms with Gasteiger partial charge in [0.2, 0.25) is 5.75 Å². The molecule has 0 atom stereocenters. The van der Waals surface area contributed by atoms with Gasteiger partial charge in [-0.15, -0.1) is 0 Å². The summed E-state index contributed by atoms with van der Waals surface area (Å²) in [4.78, 5) is 4.69. The molecular weight excluding hydrogens is 398 g/mol. The number of nitrogens with one attached hydrogen (secondary N) is 2. The molecule has 0 aromatic heterocycles. The minimum Gasteiger partial charge on any atom is -0.493 e. The fourth-order valence-electron chi connectivity index (χ4n) is 2.90. The van der Waals surface area contributed by atoms with Crippen molar-refractivity contribution >= 4 is 11.6 Å². The van der Waals surface area contributed by atoms with E-state index in [1.165, 1.54) is 0 Å². The minimum absolute atomic E-state index is 0.430. The monoisotopic (exact) mass is 431 g/mol. The summed E-state index contributed by atoms with van der Waals surface area (Å²) >= 11 is 0. The Hall–Kier alpha value is -3.13. The molecule has 0 saturated carbocycles. The molecule has 0 heterocycles. The first-order valence-electron chi connectivity index (χ1n) is 10.2. The van der Waals surface area contributed by atoms with Crippen LogP contribution in [-0.4, -0.2) is 54.2 Å². The van der Waals surface area contributed by atoms with Crippen LogP contribution >= 0.6 is 0 Å². The maximum atomic E-state index is 5.77. The molecule has 170 valence electrons. The molecule has 0 spiro atoms. The third kappa shape index (κ3) is 7.57. The Morgan fingerprint density at radius 1 is 0.935 bits per heavy atom. The van der Waals surface area contributed by atoms with Crippen molar-refractivity contribution in [2.24, 2.45) is 4.99 Å². The van der Waals surface area contributed by atoms with Gasteiger partial charge < -0.3 is 34.3 Å². The number of hydrogen-bond acceptors (Lipinski definition) is 6. The number of nitrogens with zero attached hydrogens (tertiary/aromatic N) is 1. The van der Waals surface area contributed by atoms with E-state index in [4.69, 9.17) is 23.7 Å². The maximum absolute atomic E-state index is 5.77. The summed E-state index contributed by atoms with van der Waals surface area (Å²) in [5, 5.41) is 6.57. The molecule has 0 fully saturated rings. The summed E-state index contributed by atoms with van der Waals surface area (Å²) in [6.45, 7) is 4.46. The Balaban J connectivity index is 2.12. The third-order valence-corrected chi connectivity index (χ3v) is 4.35. The highest BCUT2D eigenvalue weighted by Crippen LogP contribution is 2.38. The lowest BCUT2D eigenvalue weighted by Crippen LogP contribution is -2.30. The molecule has 2 rings (SSSR count). The Kier molecular flexibility index (Phi) is 10.3. The number of benzene rings is 2. The van der Waals surface area contributed by atoms with Gasteiger partial charge in [-0.2, -0.15) is 0 Å². The maximum Gasteiger partial charge on any atom is 0.203 e. The van der Waals surface area contributed by atoms with E-state index in [0.717, 1.165) is 30.0 Å². The quantitative estimate of drug-likeness (QED) is 0.301. The van der Waals surface area contributed by atoms with Gasteiger partial charge in [0.15, 0.2) is 17.5 Å². The predicted octanol–water partition coefficient (Wildman–Crippen LogP) is 3.71. The Labute approximate surface area is 184 Å². The molecule has 8 nitrogen and oxygen atoms in total. The lowest BCUT2D eigenvalue weighted by molar-refractivity contribution is 0.172. The van der Waals surface area contributed by atoms with Crippen LogP contribution in [-0.2, 0) is 11.3 Å². The molecule has 0 aliphatic carbocycles. The molecule has 31 heavy (non-hydrogen) atoms. The highest BCUT2D eigenvalue weighted by atomic mass is 16.5. The van der Waals surface area contributed by atoms with Gasteiger partial charge >= 0.3 is 0 Å². The fourth-order valence-corrected chi connectivity index (χ4v) is 2.90. The summed E-state index contributed by atoms with van der Waals surface area (Å²) in [5.74, 6) is 3.21. The first-order valence-corrected chi connectivity index (χ1v) is 10.2. The van der Waals surface area contributed by atoms with Crippen LogP contribution in [0.2, 0.25) is 0 Å². The summed E-state index contributed by atoms with van der Waals surface area (Å²) in [6, 6.07) is 11.6. The smallest absolute Gasteiger partial charge is 0.203 e. The Bertz CT molecular complexity index is 817. The second-order valence-corrected chi connectivity index (χ2v) is 6.58. The second-order valence-electron chi connectivity index (χ2n) is 6.58. The van der Waals surface area contributed by atoms with Gasteiger partial charge in [0, 0.05) is 38.4 Å². The van der Waals surface area contributed by atoms with E-state index < -0.39 is 0 Å². The van der Waals surface area contributed by atoms with Gasteiger partial charge in [0.1, 0.15) is 5.75 Å². The van der Waals surface area contributed by atoms with Gasteiger partial charge in [-0.25, -0.2) is 4.99 Å². The van der Waals surface area contributed by atoms with Crippen LogP contribution in [0.15, 0.2) is 41.4 Å². The third-order valence-electron chi connectivity index (χ3n) is 4.35. The average molecular weight is 432 g/mol. The number of rotatable bonds is 12. The van der Waals surface area contributed by atoms with Crippen molar-refractivity contribution in [1.82, 2.24) is 5.32 Å². The lowest BCUT2D eigenvalue weighted by atomic mass is 10.2. The van der Waals surface area contributed by atoms with Crippen LogP contribution in [0.4, 0.5) is 5.69 Å².